The molecule has 1 aliphatic heterocycles. The first-order chi connectivity index (χ1) is 9.50. The van der Waals surface area contributed by atoms with Crippen LogP contribution in [-0.2, 0) is 16.4 Å². The maximum atomic E-state index is 11.4. The van der Waals surface area contributed by atoms with Gasteiger partial charge in [0, 0.05) is 11.0 Å². The van der Waals surface area contributed by atoms with Crippen molar-refractivity contribution < 1.29 is 13.2 Å². The molecule has 1 atom stereocenters. The van der Waals surface area contributed by atoms with Crippen molar-refractivity contribution in [3.63, 3.8) is 0 Å². The van der Waals surface area contributed by atoms with Gasteiger partial charge in [-0.1, -0.05) is 22.9 Å². The van der Waals surface area contributed by atoms with Crippen molar-refractivity contribution in [2.75, 3.05) is 18.1 Å². The van der Waals surface area contributed by atoms with Gasteiger partial charge in [-0.2, -0.15) is 0 Å². The maximum Gasteiger partial charge on any atom is 0.154 e. The highest BCUT2D eigenvalue weighted by Crippen LogP contribution is 2.25. The largest absolute Gasteiger partial charge is 0.489 e. The lowest BCUT2D eigenvalue weighted by Crippen LogP contribution is -2.18. The molecule has 0 bridgehead atoms. The fraction of sp³-hybridized carbons (Fsp3) is 0.571. The summed E-state index contributed by atoms with van der Waals surface area (Å²) in [6, 6.07) is 5.79. The van der Waals surface area contributed by atoms with Gasteiger partial charge in [0.2, 0.25) is 0 Å². The number of hydrogen-bond acceptors (Lipinski definition) is 4. The number of halogens is 1. The molecule has 1 aromatic rings. The molecule has 1 aliphatic rings. The Morgan fingerprint density at radius 1 is 1.45 bits per heavy atom. The van der Waals surface area contributed by atoms with Crippen LogP contribution in [0.4, 0.5) is 0 Å². The summed E-state index contributed by atoms with van der Waals surface area (Å²) in [4.78, 5) is 0. The zero-order valence-corrected chi connectivity index (χ0v) is 14.0. The average molecular weight is 362 g/mol. The topological polar surface area (TPSA) is 55.4 Å². The van der Waals surface area contributed by atoms with Gasteiger partial charge in [0.1, 0.15) is 11.9 Å². The molecule has 1 saturated heterocycles. The second-order valence-electron chi connectivity index (χ2n) is 5.07. The highest BCUT2D eigenvalue weighted by Gasteiger charge is 2.29. The lowest BCUT2D eigenvalue weighted by atomic mass is 10.2. The van der Waals surface area contributed by atoms with E-state index in [2.05, 4.69) is 28.2 Å². The molecule has 0 radical (unpaired) electrons. The molecule has 0 amide bonds. The number of ether oxygens (including phenoxy) is 1. The molecule has 1 N–H and O–H groups in total. The van der Waals surface area contributed by atoms with Crippen molar-refractivity contribution in [1.82, 2.24) is 5.32 Å². The lowest BCUT2D eigenvalue weighted by molar-refractivity contribution is 0.228. The Morgan fingerprint density at radius 3 is 2.90 bits per heavy atom. The van der Waals surface area contributed by atoms with E-state index in [1.807, 2.05) is 18.2 Å². The van der Waals surface area contributed by atoms with E-state index in [1.165, 1.54) is 0 Å². The molecule has 1 heterocycles. The lowest BCUT2D eigenvalue weighted by Gasteiger charge is -2.14. The minimum Gasteiger partial charge on any atom is -0.489 e. The van der Waals surface area contributed by atoms with E-state index in [9.17, 15) is 8.42 Å². The van der Waals surface area contributed by atoms with Crippen LogP contribution in [0.3, 0.4) is 0 Å². The Bertz CT molecular complexity index is 560. The normalized spacial score (nSPS) is 21.0. The first-order valence-electron chi connectivity index (χ1n) is 6.86. The Balaban J connectivity index is 2.00. The van der Waals surface area contributed by atoms with Crippen molar-refractivity contribution in [3.8, 4) is 5.75 Å². The van der Waals surface area contributed by atoms with E-state index >= 15 is 0 Å². The highest BCUT2D eigenvalue weighted by atomic mass is 79.9. The summed E-state index contributed by atoms with van der Waals surface area (Å²) in [6.45, 7) is 3.87. The standard InChI is InChI=1S/C14H20BrNO3S/c1-2-6-16-9-11-8-12(3-4-14(11)15)19-13-5-7-20(17,18)10-13/h3-4,8,13,16H,2,5-7,9-10H2,1H3. The Labute approximate surface area is 129 Å². The Morgan fingerprint density at radius 2 is 2.25 bits per heavy atom. The van der Waals surface area contributed by atoms with Gasteiger partial charge in [-0.15, -0.1) is 0 Å². The van der Waals surface area contributed by atoms with Crippen LogP contribution in [0.2, 0.25) is 0 Å². The van der Waals surface area contributed by atoms with Gasteiger partial charge >= 0.3 is 0 Å². The van der Waals surface area contributed by atoms with E-state index in [-0.39, 0.29) is 17.6 Å². The molecule has 1 fully saturated rings. The Hall–Kier alpha value is -0.590. The maximum absolute atomic E-state index is 11.4. The van der Waals surface area contributed by atoms with Crippen LogP contribution < -0.4 is 10.1 Å². The SMILES string of the molecule is CCCNCc1cc(OC2CCS(=O)(=O)C2)ccc1Br. The van der Waals surface area contributed by atoms with E-state index in [4.69, 9.17) is 4.74 Å². The van der Waals surface area contributed by atoms with E-state index in [0.29, 0.717) is 6.42 Å². The molecule has 0 aliphatic carbocycles. The number of nitrogens with one attached hydrogen (secondary N) is 1. The molecule has 0 spiro atoms. The molecule has 6 heteroatoms. The second kappa shape index (κ2) is 6.91. The minimum atomic E-state index is -2.90. The molecule has 112 valence electrons. The fourth-order valence-corrected chi connectivity index (χ4v) is 4.18. The van der Waals surface area contributed by atoms with Crippen molar-refractivity contribution >= 4 is 25.8 Å². The van der Waals surface area contributed by atoms with Gasteiger partial charge < -0.3 is 10.1 Å². The summed E-state index contributed by atoms with van der Waals surface area (Å²) >= 11 is 3.52. The molecular formula is C14H20BrNO3S. The van der Waals surface area contributed by atoms with Crippen LogP contribution in [0.5, 0.6) is 5.75 Å². The summed E-state index contributed by atoms with van der Waals surface area (Å²) < 4.78 is 29.7. The number of hydrogen-bond donors (Lipinski definition) is 1. The summed E-state index contributed by atoms with van der Waals surface area (Å²) in [5.74, 6) is 1.11. The van der Waals surface area contributed by atoms with Crippen LogP contribution >= 0.6 is 15.9 Å². The summed E-state index contributed by atoms with van der Waals surface area (Å²) in [6.07, 6.45) is 1.47. The molecular weight excluding hydrogens is 342 g/mol. The third-order valence-electron chi connectivity index (χ3n) is 3.25. The van der Waals surface area contributed by atoms with Gasteiger partial charge in [0.25, 0.3) is 0 Å². The highest BCUT2D eigenvalue weighted by molar-refractivity contribution is 9.10. The monoisotopic (exact) mass is 361 g/mol. The minimum absolute atomic E-state index is 0.131. The van der Waals surface area contributed by atoms with Crippen molar-refractivity contribution in [2.45, 2.75) is 32.4 Å². The van der Waals surface area contributed by atoms with Crippen LogP contribution in [0, 0.1) is 0 Å². The van der Waals surface area contributed by atoms with E-state index in [1.54, 1.807) is 0 Å². The predicted octanol–water partition coefficient (Wildman–Crippen LogP) is 2.51. The zero-order valence-electron chi connectivity index (χ0n) is 11.6. The first-order valence-corrected chi connectivity index (χ1v) is 9.48. The molecule has 2 rings (SSSR count). The first kappa shape index (κ1) is 15.8. The van der Waals surface area contributed by atoms with Crippen molar-refractivity contribution in [3.05, 3.63) is 28.2 Å². The number of benzene rings is 1. The van der Waals surface area contributed by atoms with Gasteiger partial charge in [0.15, 0.2) is 9.84 Å². The van der Waals surface area contributed by atoms with Crippen LogP contribution in [0.15, 0.2) is 22.7 Å². The quantitative estimate of drug-likeness (QED) is 0.791. The van der Waals surface area contributed by atoms with Gasteiger partial charge in [-0.05, 0) is 43.1 Å². The molecule has 1 unspecified atom stereocenters. The van der Waals surface area contributed by atoms with Crippen LogP contribution in [0.1, 0.15) is 25.3 Å². The van der Waals surface area contributed by atoms with E-state index in [0.717, 1.165) is 35.3 Å². The third kappa shape index (κ3) is 4.46. The molecule has 20 heavy (non-hydrogen) atoms. The summed E-state index contributed by atoms with van der Waals surface area (Å²) in [7, 11) is -2.90. The van der Waals surface area contributed by atoms with Crippen molar-refractivity contribution in [2.24, 2.45) is 0 Å². The van der Waals surface area contributed by atoms with Gasteiger partial charge in [-0.25, -0.2) is 8.42 Å². The third-order valence-corrected chi connectivity index (χ3v) is 5.76. The Kier molecular flexibility index (Phi) is 5.46. The fourth-order valence-electron chi connectivity index (χ4n) is 2.21. The summed E-state index contributed by atoms with van der Waals surface area (Å²) in [5.41, 5.74) is 1.12. The second-order valence-corrected chi connectivity index (χ2v) is 8.16. The smallest absolute Gasteiger partial charge is 0.154 e. The molecule has 1 aromatic carbocycles. The van der Waals surface area contributed by atoms with Crippen molar-refractivity contribution in [1.29, 1.82) is 0 Å². The predicted molar refractivity (Wildman–Crippen MR) is 83.8 cm³/mol. The molecule has 0 saturated carbocycles. The van der Waals surface area contributed by atoms with Crippen LogP contribution in [-0.4, -0.2) is 32.6 Å². The zero-order chi connectivity index (χ0) is 14.6. The number of rotatable bonds is 6. The van der Waals surface area contributed by atoms with E-state index < -0.39 is 9.84 Å². The molecule has 4 nitrogen and oxygen atoms in total. The van der Waals surface area contributed by atoms with Gasteiger partial charge in [-0.3, -0.25) is 0 Å². The van der Waals surface area contributed by atoms with Crippen LogP contribution in [0.25, 0.3) is 0 Å². The molecule has 0 aromatic heterocycles. The summed E-state index contributed by atoms with van der Waals surface area (Å²) in [5, 5.41) is 3.34. The average Bonchev–Trinajstić information content (AvgIpc) is 2.73. The van der Waals surface area contributed by atoms with Gasteiger partial charge in [0.05, 0.1) is 11.5 Å². The number of sulfone groups is 1.